The van der Waals surface area contributed by atoms with Crippen molar-refractivity contribution >= 4 is 11.6 Å². The molecule has 114 valence electrons. The molecule has 22 heavy (non-hydrogen) atoms. The van der Waals surface area contributed by atoms with Gasteiger partial charge in [-0.3, -0.25) is 4.79 Å². The van der Waals surface area contributed by atoms with Gasteiger partial charge >= 0.3 is 0 Å². The number of carbonyl (C=O) groups excluding carboxylic acids is 1. The Morgan fingerprint density at radius 3 is 2.27 bits per heavy atom. The third-order valence-corrected chi connectivity index (χ3v) is 3.87. The van der Waals surface area contributed by atoms with Gasteiger partial charge in [0.2, 0.25) is 0 Å². The maximum absolute atomic E-state index is 12.2. The third kappa shape index (κ3) is 3.61. The van der Waals surface area contributed by atoms with Gasteiger partial charge in [-0.1, -0.05) is 29.8 Å². The molecule has 1 amide bonds. The maximum Gasteiger partial charge on any atom is 0.271 e. The minimum atomic E-state index is -0.188. The molecule has 0 bridgehead atoms. The van der Waals surface area contributed by atoms with E-state index in [-0.39, 0.29) is 5.91 Å². The summed E-state index contributed by atoms with van der Waals surface area (Å²) in [7, 11) is 0. The Labute approximate surface area is 132 Å². The van der Waals surface area contributed by atoms with E-state index >= 15 is 0 Å². The average Bonchev–Trinajstić information content (AvgIpc) is 2.47. The van der Waals surface area contributed by atoms with E-state index in [9.17, 15) is 4.79 Å². The van der Waals surface area contributed by atoms with E-state index in [4.69, 9.17) is 0 Å². The SMILES string of the molecule is CC(=NNC(=O)c1ccc(C)c(C)c1)c1ccc(C)cc1C. The molecule has 0 saturated carbocycles. The number of amides is 1. The lowest BCUT2D eigenvalue weighted by Gasteiger charge is -2.08. The Kier molecular flexibility index (Phi) is 4.76. The molecule has 0 aliphatic carbocycles. The Hall–Kier alpha value is -2.42. The molecule has 1 N–H and O–H groups in total. The number of benzene rings is 2. The van der Waals surface area contributed by atoms with E-state index in [1.54, 1.807) is 0 Å². The highest BCUT2D eigenvalue weighted by molar-refractivity contribution is 6.01. The number of hydrogen-bond acceptors (Lipinski definition) is 2. The van der Waals surface area contributed by atoms with Crippen LogP contribution in [-0.2, 0) is 0 Å². The maximum atomic E-state index is 12.2. The molecule has 0 aliphatic heterocycles. The summed E-state index contributed by atoms with van der Waals surface area (Å²) >= 11 is 0. The molecule has 0 aliphatic rings. The van der Waals surface area contributed by atoms with Crippen molar-refractivity contribution in [1.29, 1.82) is 0 Å². The van der Waals surface area contributed by atoms with Gasteiger partial charge < -0.3 is 0 Å². The van der Waals surface area contributed by atoms with Gasteiger partial charge in [-0.25, -0.2) is 5.43 Å². The van der Waals surface area contributed by atoms with Crippen molar-refractivity contribution in [1.82, 2.24) is 5.43 Å². The summed E-state index contributed by atoms with van der Waals surface area (Å²) in [6.07, 6.45) is 0. The molecule has 2 aromatic rings. The van der Waals surface area contributed by atoms with Crippen LogP contribution in [0, 0.1) is 27.7 Å². The van der Waals surface area contributed by atoms with Crippen LogP contribution in [0.5, 0.6) is 0 Å². The van der Waals surface area contributed by atoms with Crippen molar-refractivity contribution in [2.24, 2.45) is 5.10 Å². The smallest absolute Gasteiger partial charge is 0.267 e. The predicted octanol–water partition coefficient (Wildman–Crippen LogP) is 4.07. The number of nitrogens with one attached hydrogen (secondary N) is 1. The van der Waals surface area contributed by atoms with E-state index in [1.165, 1.54) is 11.1 Å². The normalized spacial score (nSPS) is 11.4. The monoisotopic (exact) mass is 294 g/mol. The van der Waals surface area contributed by atoms with Crippen LogP contribution in [0.1, 0.15) is 45.1 Å². The highest BCUT2D eigenvalue weighted by Gasteiger charge is 2.07. The topological polar surface area (TPSA) is 41.5 Å². The summed E-state index contributed by atoms with van der Waals surface area (Å²) in [5.41, 5.74) is 9.75. The predicted molar refractivity (Wildman–Crippen MR) is 91.5 cm³/mol. The number of hydrazone groups is 1. The van der Waals surface area contributed by atoms with E-state index in [0.29, 0.717) is 5.56 Å². The second-order valence-corrected chi connectivity index (χ2v) is 5.76. The lowest BCUT2D eigenvalue weighted by atomic mass is 10.0. The molecule has 2 rings (SSSR count). The van der Waals surface area contributed by atoms with Gasteiger partial charge in [-0.2, -0.15) is 5.10 Å². The van der Waals surface area contributed by atoms with Gasteiger partial charge in [0.15, 0.2) is 0 Å². The Bertz CT molecular complexity index is 745. The first-order chi connectivity index (χ1) is 10.4. The van der Waals surface area contributed by atoms with Gasteiger partial charge in [0.1, 0.15) is 0 Å². The van der Waals surface area contributed by atoms with Crippen molar-refractivity contribution in [3.63, 3.8) is 0 Å². The number of aryl methyl sites for hydroxylation is 4. The highest BCUT2D eigenvalue weighted by atomic mass is 16.2. The fraction of sp³-hybridized carbons (Fsp3) is 0.263. The van der Waals surface area contributed by atoms with Crippen molar-refractivity contribution in [3.05, 3.63) is 69.8 Å². The van der Waals surface area contributed by atoms with Crippen LogP contribution in [0.4, 0.5) is 0 Å². The highest BCUT2D eigenvalue weighted by Crippen LogP contribution is 2.12. The third-order valence-electron chi connectivity index (χ3n) is 3.87. The zero-order valence-electron chi connectivity index (χ0n) is 13.8. The first-order valence-electron chi connectivity index (χ1n) is 7.38. The number of hydrogen-bond donors (Lipinski definition) is 1. The average molecular weight is 294 g/mol. The molecule has 0 radical (unpaired) electrons. The van der Waals surface area contributed by atoms with Crippen molar-refractivity contribution in [2.75, 3.05) is 0 Å². The molecule has 3 heteroatoms. The largest absolute Gasteiger partial charge is 0.271 e. The minimum Gasteiger partial charge on any atom is -0.267 e. The molecule has 0 spiro atoms. The van der Waals surface area contributed by atoms with E-state index in [0.717, 1.165) is 22.4 Å². The van der Waals surface area contributed by atoms with Crippen LogP contribution in [0.25, 0.3) is 0 Å². The fourth-order valence-corrected chi connectivity index (χ4v) is 2.36. The van der Waals surface area contributed by atoms with Crippen LogP contribution in [0.3, 0.4) is 0 Å². The molecule has 0 saturated heterocycles. The summed E-state index contributed by atoms with van der Waals surface area (Å²) in [5, 5.41) is 4.23. The van der Waals surface area contributed by atoms with E-state index in [1.807, 2.05) is 58.0 Å². The molecule has 0 atom stereocenters. The summed E-state index contributed by atoms with van der Waals surface area (Å²) in [4.78, 5) is 12.2. The zero-order chi connectivity index (χ0) is 16.3. The minimum absolute atomic E-state index is 0.188. The van der Waals surface area contributed by atoms with Crippen LogP contribution >= 0.6 is 0 Å². The molecule has 0 unspecified atom stereocenters. The van der Waals surface area contributed by atoms with Gasteiger partial charge in [0.25, 0.3) is 5.91 Å². The first kappa shape index (κ1) is 16.0. The standard InChI is InChI=1S/C19H22N2O/c1-12-6-9-18(15(4)10-12)16(5)20-21-19(22)17-8-7-13(2)14(3)11-17/h6-11H,1-5H3,(H,21,22). The molecule has 0 aromatic heterocycles. The molecular weight excluding hydrogens is 272 g/mol. The van der Waals surface area contributed by atoms with Crippen molar-refractivity contribution in [2.45, 2.75) is 34.6 Å². The van der Waals surface area contributed by atoms with Gasteiger partial charge in [0.05, 0.1) is 5.71 Å². The summed E-state index contributed by atoms with van der Waals surface area (Å²) in [6, 6.07) is 11.8. The molecule has 0 fully saturated rings. The fourth-order valence-electron chi connectivity index (χ4n) is 2.36. The van der Waals surface area contributed by atoms with Crippen LogP contribution < -0.4 is 5.43 Å². The quantitative estimate of drug-likeness (QED) is 0.672. The lowest BCUT2D eigenvalue weighted by molar-refractivity contribution is 0.0954. The van der Waals surface area contributed by atoms with Crippen molar-refractivity contribution in [3.8, 4) is 0 Å². The van der Waals surface area contributed by atoms with Gasteiger partial charge in [-0.15, -0.1) is 0 Å². The number of carbonyl (C=O) groups is 1. The molecular formula is C19H22N2O. The summed E-state index contributed by atoms with van der Waals surface area (Å²) in [6.45, 7) is 10.0. The van der Waals surface area contributed by atoms with E-state index in [2.05, 4.69) is 23.5 Å². The van der Waals surface area contributed by atoms with Crippen molar-refractivity contribution < 1.29 is 4.79 Å². The van der Waals surface area contributed by atoms with Crippen LogP contribution in [0.15, 0.2) is 41.5 Å². The lowest BCUT2D eigenvalue weighted by Crippen LogP contribution is -2.19. The van der Waals surface area contributed by atoms with Gasteiger partial charge in [-0.05, 0) is 63.4 Å². The number of rotatable bonds is 3. The van der Waals surface area contributed by atoms with E-state index < -0.39 is 0 Å². The molecule has 0 heterocycles. The molecule has 2 aromatic carbocycles. The Balaban J connectivity index is 2.16. The Morgan fingerprint density at radius 2 is 1.64 bits per heavy atom. The molecule has 3 nitrogen and oxygen atoms in total. The summed E-state index contributed by atoms with van der Waals surface area (Å²) < 4.78 is 0. The second kappa shape index (κ2) is 6.56. The van der Waals surface area contributed by atoms with Gasteiger partial charge in [0, 0.05) is 11.1 Å². The number of nitrogens with zero attached hydrogens (tertiary/aromatic N) is 1. The van der Waals surface area contributed by atoms with Crippen LogP contribution in [0.2, 0.25) is 0 Å². The summed E-state index contributed by atoms with van der Waals surface area (Å²) in [5.74, 6) is -0.188. The second-order valence-electron chi connectivity index (χ2n) is 5.76. The zero-order valence-corrected chi connectivity index (χ0v) is 13.8. The first-order valence-corrected chi connectivity index (χ1v) is 7.38. The Morgan fingerprint density at radius 1 is 0.909 bits per heavy atom. The van der Waals surface area contributed by atoms with Crippen LogP contribution in [-0.4, -0.2) is 11.6 Å².